The van der Waals surface area contributed by atoms with Crippen molar-refractivity contribution in [2.45, 2.75) is 19.2 Å². The number of rotatable bonds is 5. The van der Waals surface area contributed by atoms with Gasteiger partial charge in [0.15, 0.2) is 11.5 Å². The number of aromatic hydroxyl groups is 1. The van der Waals surface area contributed by atoms with Crippen molar-refractivity contribution in [3.05, 3.63) is 83.2 Å². The average Bonchev–Trinajstić information content (AvgIpc) is 2.95. The Kier molecular flexibility index (Phi) is 5.64. The van der Waals surface area contributed by atoms with Gasteiger partial charge in [-0.3, -0.25) is 9.88 Å². The predicted octanol–water partition coefficient (Wildman–Crippen LogP) is 3.27. The molecule has 0 radical (unpaired) electrons. The third-order valence-corrected chi connectivity index (χ3v) is 5.11. The van der Waals surface area contributed by atoms with E-state index in [2.05, 4.69) is 9.88 Å². The first-order chi connectivity index (χ1) is 14.1. The normalized spacial score (nSPS) is 15.1. The molecule has 1 aliphatic heterocycles. The van der Waals surface area contributed by atoms with Gasteiger partial charge in [0.2, 0.25) is 0 Å². The summed E-state index contributed by atoms with van der Waals surface area (Å²) in [4.78, 5) is 6.35. The number of fused-ring (bicyclic) bond motifs is 1. The number of pyridine rings is 1. The fraction of sp³-hybridized carbons (Fsp3) is 0.261. The average molecular weight is 392 g/mol. The summed E-state index contributed by atoms with van der Waals surface area (Å²) >= 11 is 0. The second-order valence-electron chi connectivity index (χ2n) is 7.12. The first-order valence-corrected chi connectivity index (χ1v) is 9.56. The van der Waals surface area contributed by atoms with Crippen LogP contribution >= 0.6 is 0 Å². The Morgan fingerprint density at radius 2 is 2.07 bits per heavy atom. The molecule has 0 fully saturated rings. The van der Waals surface area contributed by atoms with Crippen molar-refractivity contribution in [3.63, 3.8) is 0 Å². The van der Waals surface area contributed by atoms with Crippen LogP contribution in [0.4, 0.5) is 0 Å². The molecule has 1 unspecified atom stereocenters. The summed E-state index contributed by atoms with van der Waals surface area (Å²) in [7, 11) is 1.54. The maximum Gasteiger partial charge on any atom is 0.160 e. The maximum absolute atomic E-state index is 10.7. The van der Waals surface area contributed by atoms with Crippen LogP contribution in [0, 0.1) is 0 Å². The third-order valence-electron chi connectivity index (χ3n) is 5.11. The summed E-state index contributed by atoms with van der Waals surface area (Å²) in [6.07, 6.45) is 2.63. The molecule has 0 saturated carbocycles. The van der Waals surface area contributed by atoms with Gasteiger partial charge < -0.3 is 19.7 Å². The van der Waals surface area contributed by atoms with Crippen LogP contribution in [0.1, 0.15) is 28.4 Å². The summed E-state index contributed by atoms with van der Waals surface area (Å²) in [5.41, 5.74) is 3.59. The van der Waals surface area contributed by atoms with Crippen LogP contribution in [-0.4, -0.2) is 40.4 Å². The molecule has 1 atom stereocenters. The van der Waals surface area contributed by atoms with E-state index in [1.54, 1.807) is 24.5 Å². The topological polar surface area (TPSA) is 75.1 Å². The van der Waals surface area contributed by atoms with Gasteiger partial charge in [0.25, 0.3) is 0 Å². The molecule has 6 heteroatoms. The SMILES string of the molecule is COc1ccc(CN2CCOc3ccc(C(O)c4cccnc4)cc3C2)cc1O. The minimum atomic E-state index is -0.732. The van der Waals surface area contributed by atoms with E-state index in [0.717, 1.165) is 34.5 Å². The molecule has 1 aliphatic rings. The fourth-order valence-corrected chi connectivity index (χ4v) is 3.60. The number of nitrogens with zero attached hydrogens (tertiary/aromatic N) is 2. The molecule has 0 aliphatic carbocycles. The highest BCUT2D eigenvalue weighted by Gasteiger charge is 2.19. The van der Waals surface area contributed by atoms with E-state index in [9.17, 15) is 10.2 Å². The largest absolute Gasteiger partial charge is 0.504 e. The van der Waals surface area contributed by atoms with Gasteiger partial charge in [-0.25, -0.2) is 0 Å². The summed E-state index contributed by atoms with van der Waals surface area (Å²) in [5.74, 6) is 1.44. The molecule has 29 heavy (non-hydrogen) atoms. The van der Waals surface area contributed by atoms with Crippen LogP contribution in [0.25, 0.3) is 0 Å². The summed E-state index contributed by atoms with van der Waals surface area (Å²) in [5, 5.41) is 20.7. The van der Waals surface area contributed by atoms with Gasteiger partial charge in [0.05, 0.1) is 7.11 Å². The predicted molar refractivity (Wildman–Crippen MR) is 109 cm³/mol. The zero-order valence-electron chi connectivity index (χ0n) is 16.3. The number of aliphatic hydroxyl groups is 1. The minimum absolute atomic E-state index is 0.137. The fourth-order valence-electron chi connectivity index (χ4n) is 3.60. The van der Waals surface area contributed by atoms with E-state index in [4.69, 9.17) is 9.47 Å². The summed E-state index contributed by atoms with van der Waals surface area (Å²) in [6, 6.07) is 15.0. The Bertz CT molecular complexity index is 978. The lowest BCUT2D eigenvalue weighted by Crippen LogP contribution is -2.25. The zero-order valence-corrected chi connectivity index (χ0v) is 16.3. The molecule has 2 N–H and O–H groups in total. The van der Waals surface area contributed by atoms with E-state index in [1.165, 1.54) is 7.11 Å². The van der Waals surface area contributed by atoms with E-state index in [0.29, 0.717) is 25.4 Å². The van der Waals surface area contributed by atoms with Gasteiger partial charge in [-0.1, -0.05) is 18.2 Å². The van der Waals surface area contributed by atoms with Crippen molar-refractivity contribution in [2.75, 3.05) is 20.3 Å². The van der Waals surface area contributed by atoms with Crippen molar-refractivity contribution in [2.24, 2.45) is 0 Å². The molecule has 0 spiro atoms. The Hall–Kier alpha value is -3.09. The number of aliphatic hydroxyl groups excluding tert-OH is 1. The number of methoxy groups -OCH3 is 1. The lowest BCUT2D eigenvalue weighted by molar-refractivity contribution is 0.218. The molecule has 4 rings (SSSR count). The van der Waals surface area contributed by atoms with Crippen molar-refractivity contribution in [3.8, 4) is 17.2 Å². The molecular weight excluding hydrogens is 368 g/mol. The van der Waals surface area contributed by atoms with E-state index in [1.807, 2.05) is 36.4 Å². The maximum atomic E-state index is 10.7. The van der Waals surface area contributed by atoms with Crippen molar-refractivity contribution < 1.29 is 19.7 Å². The number of hydrogen-bond acceptors (Lipinski definition) is 6. The van der Waals surface area contributed by atoms with Crippen LogP contribution < -0.4 is 9.47 Å². The van der Waals surface area contributed by atoms with Crippen LogP contribution in [0.5, 0.6) is 17.2 Å². The van der Waals surface area contributed by atoms with E-state index >= 15 is 0 Å². The second kappa shape index (κ2) is 8.51. The van der Waals surface area contributed by atoms with Crippen LogP contribution in [0.2, 0.25) is 0 Å². The Morgan fingerprint density at radius 1 is 1.17 bits per heavy atom. The van der Waals surface area contributed by atoms with Crippen molar-refractivity contribution >= 4 is 0 Å². The van der Waals surface area contributed by atoms with Crippen LogP contribution in [0.3, 0.4) is 0 Å². The van der Waals surface area contributed by atoms with Gasteiger partial charge >= 0.3 is 0 Å². The smallest absolute Gasteiger partial charge is 0.160 e. The van der Waals surface area contributed by atoms with Gasteiger partial charge in [0, 0.05) is 43.2 Å². The van der Waals surface area contributed by atoms with Crippen molar-refractivity contribution in [1.82, 2.24) is 9.88 Å². The number of phenols is 1. The molecule has 0 saturated heterocycles. The number of ether oxygens (including phenoxy) is 2. The molecule has 2 aromatic carbocycles. The molecule has 2 heterocycles. The highest BCUT2D eigenvalue weighted by molar-refractivity contribution is 5.43. The summed E-state index contributed by atoms with van der Waals surface area (Å²) in [6.45, 7) is 2.72. The Morgan fingerprint density at radius 3 is 2.83 bits per heavy atom. The first kappa shape index (κ1) is 19.2. The van der Waals surface area contributed by atoms with Gasteiger partial charge in [-0.2, -0.15) is 0 Å². The molecule has 0 bridgehead atoms. The first-order valence-electron chi connectivity index (χ1n) is 9.56. The Labute approximate surface area is 170 Å². The van der Waals surface area contributed by atoms with E-state index in [-0.39, 0.29) is 5.75 Å². The van der Waals surface area contributed by atoms with Crippen LogP contribution in [-0.2, 0) is 13.1 Å². The quantitative estimate of drug-likeness (QED) is 0.694. The molecule has 3 aromatic rings. The third kappa shape index (κ3) is 4.34. The second-order valence-corrected chi connectivity index (χ2v) is 7.12. The lowest BCUT2D eigenvalue weighted by atomic mass is 10.00. The minimum Gasteiger partial charge on any atom is -0.504 e. The van der Waals surface area contributed by atoms with Gasteiger partial charge in [0.1, 0.15) is 18.5 Å². The number of phenolic OH excluding ortho intramolecular Hbond substituents is 1. The highest BCUT2D eigenvalue weighted by Crippen LogP contribution is 2.31. The molecule has 1 aromatic heterocycles. The number of benzene rings is 2. The number of hydrogen-bond donors (Lipinski definition) is 2. The van der Waals surface area contributed by atoms with Crippen LogP contribution in [0.15, 0.2) is 60.9 Å². The molecule has 150 valence electrons. The number of aromatic nitrogens is 1. The Balaban J connectivity index is 1.54. The molecule has 6 nitrogen and oxygen atoms in total. The summed E-state index contributed by atoms with van der Waals surface area (Å²) < 4.78 is 11.0. The van der Waals surface area contributed by atoms with Gasteiger partial charge in [-0.05, 0) is 41.5 Å². The molecular formula is C23H24N2O4. The highest BCUT2D eigenvalue weighted by atomic mass is 16.5. The molecule has 0 amide bonds. The monoisotopic (exact) mass is 392 g/mol. The zero-order chi connectivity index (χ0) is 20.2. The lowest BCUT2D eigenvalue weighted by Gasteiger charge is -2.20. The van der Waals surface area contributed by atoms with Gasteiger partial charge in [-0.15, -0.1) is 0 Å². The van der Waals surface area contributed by atoms with Crippen molar-refractivity contribution in [1.29, 1.82) is 0 Å². The standard InChI is InChI=1S/C23H24N2O4/c1-28-22-6-4-16(11-20(22)26)14-25-9-10-29-21-7-5-17(12-19(21)15-25)23(27)18-3-2-8-24-13-18/h2-8,11-13,23,26-27H,9-10,14-15H2,1H3. The van der Waals surface area contributed by atoms with E-state index < -0.39 is 6.10 Å².